The van der Waals surface area contributed by atoms with Gasteiger partial charge in [0, 0.05) is 24.2 Å². The standard InChI is InChI=1S/C24H22ClN3O2/c1-16(29)27(19-12-13-19)15-23(30)28-21-6-3-2-5-20(21)26-14-4-7-22(26)24(28)17-8-10-18(25)11-9-17/h2-11,14,19,24H,12-13,15H2,1H3/t24-/m0/s1. The third-order valence-electron chi connectivity index (χ3n) is 5.87. The van der Waals surface area contributed by atoms with Crippen LogP contribution in [0.5, 0.6) is 0 Å². The summed E-state index contributed by atoms with van der Waals surface area (Å²) in [4.78, 5) is 29.4. The minimum atomic E-state index is -0.298. The van der Waals surface area contributed by atoms with Crippen LogP contribution < -0.4 is 4.90 Å². The van der Waals surface area contributed by atoms with Crippen LogP contribution in [0.15, 0.2) is 66.9 Å². The smallest absolute Gasteiger partial charge is 0.247 e. The van der Waals surface area contributed by atoms with Crippen molar-refractivity contribution < 1.29 is 9.59 Å². The van der Waals surface area contributed by atoms with E-state index in [1.165, 1.54) is 6.92 Å². The number of para-hydroxylation sites is 2. The van der Waals surface area contributed by atoms with Crippen LogP contribution in [-0.2, 0) is 9.59 Å². The van der Waals surface area contributed by atoms with Gasteiger partial charge >= 0.3 is 0 Å². The molecule has 0 N–H and O–H groups in total. The summed E-state index contributed by atoms with van der Waals surface area (Å²) in [7, 11) is 0. The number of anilines is 1. The first kappa shape index (κ1) is 18.9. The fraction of sp³-hybridized carbons (Fsp3) is 0.250. The van der Waals surface area contributed by atoms with Crippen LogP contribution in [-0.4, -0.2) is 33.9 Å². The Kier molecular flexibility index (Phi) is 4.63. The summed E-state index contributed by atoms with van der Waals surface area (Å²) in [6.07, 6.45) is 3.95. The van der Waals surface area contributed by atoms with Gasteiger partial charge in [0.25, 0.3) is 0 Å². The van der Waals surface area contributed by atoms with E-state index < -0.39 is 0 Å². The highest BCUT2D eigenvalue weighted by molar-refractivity contribution is 6.30. The number of benzene rings is 2. The van der Waals surface area contributed by atoms with Crippen molar-refractivity contribution in [3.05, 3.63) is 83.1 Å². The van der Waals surface area contributed by atoms with Gasteiger partial charge in [-0.05, 0) is 54.8 Å². The average molecular weight is 420 g/mol. The number of aromatic nitrogens is 1. The first-order valence-corrected chi connectivity index (χ1v) is 10.5. The van der Waals surface area contributed by atoms with Crippen LogP contribution in [0.25, 0.3) is 5.69 Å². The largest absolute Gasteiger partial charge is 0.331 e. The number of hydrogen-bond donors (Lipinski definition) is 0. The fourth-order valence-electron chi connectivity index (χ4n) is 4.33. The van der Waals surface area contributed by atoms with Gasteiger partial charge in [0.1, 0.15) is 12.6 Å². The second-order valence-electron chi connectivity index (χ2n) is 7.89. The van der Waals surface area contributed by atoms with E-state index >= 15 is 0 Å². The van der Waals surface area contributed by atoms with Gasteiger partial charge in [0.15, 0.2) is 0 Å². The molecule has 0 saturated heterocycles. The molecule has 5 nitrogen and oxygen atoms in total. The van der Waals surface area contributed by atoms with Crippen LogP contribution in [0, 0.1) is 0 Å². The van der Waals surface area contributed by atoms with Gasteiger partial charge in [-0.3, -0.25) is 14.5 Å². The first-order valence-electron chi connectivity index (χ1n) is 10.2. The summed E-state index contributed by atoms with van der Waals surface area (Å²) in [5.41, 5.74) is 3.77. The third-order valence-corrected chi connectivity index (χ3v) is 6.12. The molecular weight excluding hydrogens is 398 g/mol. The summed E-state index contributed by atoms with van der Waals surface area (Å²) < 4.78 is 2.13. The second-order valence-corrected chi connectivity index (χ2v) is 8.32. The van der Waals surface area contributed by atoms with Gasteiger partial charge in [-0.25, -0.2) is 0 Å². The van der Waals surface area contributed by atoms with Gasteiger partial charge in [-0.2, -0.15) is 0 Å². The highest BCUT2D eigenvalue weighted by Gasteiger charge is 2.39. The molecule has 1 fully saturated rings. The normalized spacial score (nSPS) is 17.3. The van der Waals surface area contributed by atoms with Crippen molar-refractivity contribution in [3.63, 3.8) is 0 Å². The molecule has 2 amide bonds. The summed E-state index contributed by atoms with van der Waals surface area (Å²) in [6, 6.07) is 19.4. The summed E-state index contributed by atoms with van der Waals surface area (Å²) >= 11 is 6.13. The Morgan fingerprint density at radius 2 is 1.70 bits per heavy atom. The Balaban J connectivity index is 1.62. The Hall–Kier alpha value is -3.05. The van der Waals surface area contributed by atoms with Crippen LogP contribution in [0.1, 0.15) is 37.1 Å². The molecule has 2 heterocycles. The maximum absolute atomic E-state index is 13.7. The predicted octanol–water partition coefficient (Wildman–Crippen LogP) is 4.58. The van der Waals surface area contributed by atoms with Crippen molar-refractivity contribution in [2.24, 2.45) is 0 Å². The fourth-order valence-corrected chi connectivity index (χ4v) is 4.45. The molecule has 1 aliphatic heterocycles. The van der Waals surface area contributed by atoms with Crippen molar-refractivity contribution in [2.45, 2.75) is 31.8 Å². The summed E-state index contributed by atoms with van der Waals surface area (Å²) in [5, 5.41) is 0.653. The Morgan fingerprint density at radius 1 is 1.00 bits per heavy atom. The first-order chi connectivity index (χ1) is 14.5. The number of amides is 2. The lowest BCUT2D eigenvalue weighted by Gasteiger charge is -2.39. The molecule has 1 aliphatic carbocycles. The molecule has 0 spiro atoms. The molecule has 1 atom stereocenters. The minimum absolute atomic E-state index is 0.0532. The molecule has 5 rings (SSSR count). The number of fused-ring (bicyclic) bond motifs is 3. The molecule has 152 valence electrons. The number of rotatable bonds is 4. The maximum atomic E-state index is 13.7. The predicted molar refractivity (Wildman–Crippen MR) is 117 cm³/mol. The van der Waals surface area contributed by atoms with Gasteiger partial charge in [0.2, 0.25) is 11.8 Å². The number of carbonyl (C=O) groups is 2. The topological polar surface area (TPSA) is 45.6 Å². The van der Waals surface area contributed by atoms with Gasteiger partial charge in [-0.1, -0.05) is 35.9 Å². The average Bonchev–Trinajstić information content (AvgIpc) is 3.46. The zero-order valence-electron chi connectivity index (χ0n) is 16.7. The van der Waals surface area contributed by atoms with Crippen LogP contribution in [0.4, 0.5) is 5.69 Å². The zero-order valence-corrected chi connectivity index (χ0v) is 17.4. The van der Waals surface area contributed by atoms with E-state index in [-0.39, 0.29) is 30.4 Å². The van der Waals surface area contributed by atoms with E-state index in [1.807, 2.05) is 71.8 Å². The maximum Gasteiger partial charge on any atom is 0.247 e. The van der Waals surface area contributed by atoms with Gasteiger partial charge in [0.05, 0.1) is 17.1 Å². The lowest BCUT2D eigenvalue weighted by Crippen LogP contribution is -2.47. The van der Waals surface area contributed by atoms with Crippen molar-refractivity contribution in [3.8, 4) is 5.69 Å². The van der Waals surface area contributed by atoms with Crippen molar-refractivity contribution >= 4 is 29.1 Å². The molecular formula is C24H22ClN3O2. The van der Waals surface area contributed by atoms with Crippen molar-refractivity contribution in [2.75, 3.05) is 11.4 Å². The number of nitrogens with zero attached hydrogens (tertiary/aromatic N) is 3. The third kappa shape index (κ3) is 3.19. The summed E-state index contributed by atoms with van der Waals surface area (Å²) in [6.45, 7) is 1.62. The number of hydrogen-bond acceptors (Lipinski definition) is 2. The molecule has 1 saturated carbocycles. The Bertz CT molecular complexity index is 1120. The number of halogens is 1. The highest BCUT2D eigenvalue weighted by atomic mass is 35.5. The highest BCUT2D eigenvalue weighted by Crippen LogP contribution is 2.42. The Morgan fingerprint density at radius 3 is 2.37 bits per heavy atom. The molecule has 0 radical (unpaired) electrons. The van der Waals surface area contributed by atoms with Crippen molar-refractivity contribution in [1.29, 1.82) is 0 Å². The SMILES string of the molecule is CC(=O)N(CC(=O)N1c2ccccc2-n2cccc2[C@@H]1c1ccc(Cl)cc1)C1CC1. The van der Waals surface area contributed by atoms with E-state index in [4.69, 9.17) is 11.6 Å². The van der Waals surface area contributed by atoms with Gasteiger partial charge < -0.3 is 9.47 Å². The molecule has 30 heavy (non-hydrogen) atoms. The lowest BCUT2D eigenvalue weighted by atomic mass is 9.97. The van der Waals surface area contributed by atoms with E-state index in [0.717, 1.165) is 35.5 Å². The molecule has 6 heteroatoms. The molecule has 0 bridgehead atoms. The van der Waals surface area contributed by atoms with Crippen LogP contribution >= 0.6 is 11.6 Å². The van der Waals surface area contributed by atoms with Gasteiger partial charge in [-0.15, -0.1) is 0 Å². The van der Waals surface area contributed by atoms with E-state index in [0.29, 0.717) is 5.02 Å². The summed E-state index contributed by atoms with van der Waals surface area (Å²) in [5.74, 6) is -0.139. The van der Waals surface area contributed by atoms with E-state index in [9.17, 15) is 9.59 Å². The molecule has 2 aliphatic rings. The van der Waals surface area contributed by atoms with Crippen molar-refractivity contribution in [1.82, 2.24) is 9.47 Å². The van der Waals surface area contributed by atoms with E-state index in [1.54, 1.807) is 4.90 Å². The molecule has 3 aromatic rings. The monoisotopic (exact) mass is 419 g/mol. The van der Waals surface area contributed by atoms with E-state index in [2.05, 4.69) is 4.57 Å². The lowest BCUT2D eigenvalue weighted by molar-refractivity contribution is -0.134. The minimum Gasteiger partial charge on any atom is -0.331 e. The second kappa shape index (κ2) is 7.33. The zero-order chi connectivity index (χ0) is 20.8. The quantitative estimate of drug-likeness (QED) is 0.621. The Labute approximate surface area is 180 Å². The molecule has 0 unspecified atom stereocenters. The number of carbonyl (C=O) groups excluding carboxylic acids is 2. The van der Waals surface area contributed by atoms with Crippen LogP contribution in [0.2, 0.25) is 5.02 Å². The molecule has 1 aromatic heterocycles. The van der Waals surface area contributed by atoms with Crippen LogP contribution in [0.3, 0.4) is 0 Å². The molecule has 2 aromatic carbocycles.